The molecule has 0 aromatic carbocycles. The van der Waals surface area contributed by atoms with Gasteiger partial charge in [0.05, 0.1) is 44.7 Å². The molecule has 0 saturated carbocycles. The van der Waals surface area contributed by atoms with Crippen LogP contribution in [-0.4, -0.2) is 67.1 Å². The van der Waals surface area contributed by atoms with Crippen molar-refractivity contribution < 1.29 is 32.2 Å². The quantitative estimate of drug-likeness (QED) is 0.0901. The van der Waals surface area contributed by atoms with Gasteiger partial charge in [0.25, 0.3) is 0 Å². The standard InChI is InChI=1S/C25H55O7P3S6/c1-19(2)12-27-33(36,28-13-20(3)4)40-17-24(10)31-35(38,39-16-23(9)26)32-25(11)18-41-34(37,29-14-21(5)6)30-15-22(7)8/h19-26H,12-18H2,1-11H3. The number of hydrogen-bond donors (Lipinski definition) is 1. The Hall–Kier alpha value is 2.72. The predicted molar refractivity (Wildman–Crippen MR) is 196 cm³/mol. The van der Waals surface area contributed by atoms with Crippen LogP contribution in [0.5, 0.6) is 0 Å². The third-order valence-electron chi connectivity index (χ3n) is 4.29. The zero-order chi connectivity index (χ0) is 31.9. The Morgan fingerprint density at radius 1 is 0.488 bits per heavy atom. The summed E-state index contributed by atoms with van der Waals surface area (Å²) in [5.41, 5.74) is -7.90. The number of hydrogen-bond acceptors (Lipinski definition) is 13. The van der Waals surface area contributed by atoms with Crippen LogP contribution in [0.4, 0.5) is 0 Å². The van der Waals surface area contributed by atoms with E-state index in [1.54, 1.807) is 6.92 Å². The zero-order valence-electron chi connectivity index (χ0n) is 26.7. The van der Waals surface area contributed by atoms with Crippen LogP contribution < -0.4 is 0 Å². The van der Waals surface area contributed by atoms with Crippen LogP contribution in [0.15, 0.2) is 0 Å². The third-order valence-corrected chi connectivity index (χ3v) is 20.8. The van der Waals surface area contributed by atoms with Gasteiger partial charge in [-0.05, 0) is 79.9 Å². The van der Waals surface area contributed by atoms with Crippen LogP contribution in [0.2, 0.25) is 0 Å². The van der Waals surface area contributed by atoms with Gasteiger partial charge in [0.15, 0.2) is 0 Å². The van der Waals surface area contributed by atoms with Crippen molar-refractivity contribution in [2.45, 2.75) is 94.5 Å². The highest BCUT2D eigenvalue weighted by molar-refractivity contribution is 8.68. The lowest BCUT2D eigenvalue weighted by atomic mass is 10.2. The molecule has 0 saturated heterocycles. The molecule has 3 atom stereocenters. The molecule has 0 amide bonds. The van der Waals surface area contributed by atoms with Gasteiger partial charge in [-0.2, -0.15) is 0 Å². The first kappa shape index (κ1) is 43.7. The molecular weight excluding hydrogens is 698 g/mol. The summed E-state index contributed by atoms with van der Waals surface area (Å²) in [6, 6.07) is 0. The Balaban J connectivity index is 5.41. The van der Waals surface area contributed by atoms with Crippen molar-refractivity contribution in [3.8, 4) is 0 Å². The predicted octanol–water partition coefficient (Wildman–Crippen LogP) is 9.74. The van der Waals surface area contributed by atoms with E-state index in [1.165, 1.54) is 34.1 Å². The van der Waals surface area contributed by atoms with Crippen LogP contribution in [0.25, 0.3) is 0 Å². The average Bonchev–Trinajstić information content (AvgIpc) is 2.85. The lowest BCUT2D eigenvalue weighted by Gasteiger charge is -2.30. The Labute approximate surface area is 278 Å². The molecule has 41 heavy (non-hydrogen) atoms. The molecule has 0 heterocycles. The van der Waals surface area contributed by atoms with Crippen molar-refractivity contribution in [2.24, 2.45) is 23.7 Å². The summed E-state index contributed by atoms with van der Waals surface area (Å²) in [6.07, 6.45) is -1.05. The van der Waals surface area contributed by atoms with E-state index >= 15 is 0 Å². The Bertz CT molecular complexity index is 759. The van der Waals surface area contributed by atoms with E-state index in [1.807, 2.05) is 13.8 Å². The second-order valence-corrected chi connectivity index (χ2v) is 30.6. The second-order valence-electron chi connectivity index (χ2n) is 11.7. The maximum absolute atomic E-state index is 9.97. The lowest BCUT2D eigenvalue weighted by Crippen LogP contribution is -2.16. The molecule has 0 bridgehead atoms. The maximum Gasteiger partial charge on any atom is 0.248 e. The lowest BCUT2D eigenvalue weighted by molar-refractivity contribution is 0.189. The monoisotopic (exact) mass is 752 g/mol. The van der Waals surface area contributed by atoms with Crippen LogP contribution in [0, 0.1) is 23.7 Å². The minimum atomic E-state index is -2.82. The SMILES string of the molecule is CC(C)COP(=S)(OCC(C)C)SCC(C)OP(=S)(OC(C)CSP(=S)(OCC(C)C)OCC(C)C)SCC(C)O. The highest BCUT2D eigenvalue weighted by atomic mass is 32.9. The summed E-state index contributed by atoms with van der Waals surface area (Å²) in [4.78, 5) is 0. The van der Waals surface area contributed by atoms with Crippen LogP contribution in [0.3, 0.4) is 0 Å². The van der Waals surface area contributed by atoms with Crippen LogP contribution >= 0.6 is 51.2 Å². The molecule has 0 aromatic heterocycles. The van der Waals surface area contributed by atoms with Gasteiger partial charge in [0.2, 0.25) is 17.1 Å². The second kappa shape index (κ2) is 22.3. The van der Waals surface area contributed by atoms with Gasteiger partial charge >= 0.3 is 0 Å². The largest absolute Gasteiger partial charge is 0.393 e. The van der Waals surface area contributed by atoms with E-state index in [4.69, 9.17) is 62.6 Å². The van der Waals surface area contributed by atoms with Crippen molar-refractivity contribution in [3.05, 3.63) is 0 Å². The molecule has 0 aromatic rings. The average molecular weight is 753 g/mol. The van der Waals surface area contributed by atoms with Crippen molar-refractivity contribution in [1.29, 1.82) is 0 Å². The third kappa shape index (κ3) is 23.7. The van der Waals surface area contributed by atoms with Gasteiger partial charge in [0, 0.05) is 17.3 Å². The topological polar surface area (TPSA) is 75.6 Å². The molecule has 3 unspecified atom stereocenters. The zero-order valence-corrected chi connectivity index (χ0v) is 34.3. The summed E-state index contributed by atoms with van der Waals surface area (Å²) in [5, 5.41) is 9.97. The first-order valence-corrected chi connectivity index (χ1v) is 26.8. The summed E-state index contributed by atoms with van der Waals surface area (Å²) >= 11 is 22.0. The molecule has 248 valence electrons. The van der Waals surface area contributed by atoms with E-state index in [9.17, 15) is 5.11 Å². The Kier molecular flexibility index (Phi) is 23.8. The summed E-state index contributed by atoms with van der Waals surface area (Å²) in [5.74, 6) is 2.94. The fourth-order valence-corrected chi connectivity index (χ4v) is 17.1. The van der Waals surface area contributed by atoms with Gasteiger partial charge in [-0.3, -0.25) is 0 Å². The maximum atomic E-state index is 9.97. The van der Waals surface area contributed by atoms with Crippen molar-refractivity contribution >= 4 is 86.6 Å². The van der Waals surface area contributed by atoms with E-state index in [0.717, 1.165) is 0 Å². The minimum Gasteiger partial charge on any atom is -0.393 e. The Morgan fingerprint density at radius 3 is 1.00 bits per heavy atom. The number of rotatable bonds is 25. The fraction of sp³-hybridized carbons (Fsp3) is 1.00. The molecule has 0 rings (SSSR count). The van der Waals surface area contributed by atoms with Crippen molar-refractivity contribution in [2.75, 3.05) is 43.7 Å². The molecular formula is C25H55O7P3S6. The highest BCUT2D eigenvalue weighted by Gasteiger charge is 2.30. The summed E-state index contributed by atoms with van der Waals surface area (Å²) < 4.78 is 37.2. The molecule has 7 nitrogen and oxygen atoms in total. The van der Waals surface area contributed by atoms with Gasteiger partial charge in [-0.1, -0.05) is 89.5 Å². The molecule has 1 N–H and O–H groups in total. The van der Waals surface area contributed by atoms with Gasteiger partial charge in [0.1, 0.15) is 0 Å². The molecule has 16 heteroatoms. The van der Waals surface area contributed by atoms with Gasteiger partial charge in [-0.25, -0.2) is 0 Å². The van der Waals surface area contributed by atoms with E-state index in [-0.39, 0.29) is 12.2 Å². The number of aliphatic hydroxyl groups excluding tert-OH is 1. The normalized spacial score (nSPS) is 17.0. The van der Waals surface area contributed by atoms with E-state index < -0.39 is 23.2 Å². The van der Waals surface area contributed by atoms with Gasteiger partial charge in [-0.15, -0.1) is 0 Å². The minimum absolute atomic E-state index is 0.255. The highest BCUT2D eigenvalue weighted by Crippen LogP contribution is 2.66. The van der Waals surface area contributed by atoms with Crippen LogP contribution in [0.1, 0.15) is 76.2 Å². The molecule has 0 aliphatic carbocycles. The van der Waals surface area contributed by atoms with Crippen molar-refractivity contribution in [3.63, 3.8) is 0 Å². The molecule has 0 aliphatic heterocycles. The van der Waals surface area contributed by atoms with Crippen molar-refractivity contribution in [1.82, 2.24) is 0 Å². The fourth-order valence-electron chi connectivity index (χ4n) is 2.36. The number of aliphatic hydroxyl groups is 1. The van der Waals surface area contributed by atoms with Crippen LogP contribution in [-0.2, 0) is 62.6 Å². The van der Waals surface area contributed by atoms with E-state index in [0.29, 0.717) is 67.4 Å². The summed E-state index contributed by atoms with van der Waals surface area (Å²) in [6.45, 7) is 24.6. The molecule has 0 spiro atoms. The molecule has 0 aliphatic rings. The Morgan fingerprint density at radius 2 is 0.756 bits per heavy atom. The molecule has 0 radical (unpaired) electrons. The first-order chi connectivity index (χ1) is 18.8. The first-order valence-electron chi connectivity index (χ1n) is 14.1. The summed E-state index contributed by atoms with van der Waals surface area (Å²) in [7, 11) is 0. The van der Waals surface area contributed by atoms with Gasteiger partial charge < -0.3 is 32.2 Å². The van der Waals surface area contributed by atoms with E-state index in [2.05, 4.69) is 55.4 Å². The smallest absolute Gasteiger partial charge is 0.248 e. The molecule has 0 fully saturated rings.